The van der Waals surface area contributed by atoms with Crippen molar-refractivity contribution >= 4 is 5.91 Å². The topological polar surface area (TPSA) is 55.1 Å². The molecule has 3 heteroatoms. The summed E-state index contributed by atoms with van der Waals surface area (Å²) in [5.74, 6) is 0.628. The number of carbonyl (C=O) groups is 1. The number of aryl methyl sites for hydroxylation is 1. The van der Waals surface area contributed by atoms with Crippen molar-refractivity contribution in [3.63, 3.8) is 0 Å². The highest BCUT2D eigenvalue weighted by atomic mass is 16.1. The van der Waals surface area contributed by atoms with Gasteiger partial charge in [0.25, 0.3) is 0 Å². The number of carbonyl (C=O) groups excluding carboxylic acids is 1. The average Bonchev–Trinajstić information content (AvgIpc) is 2.47. The van der Waals surface area contributed by atoms with Crippen molar-refractivity contribution in [3.05, 3.63) is 35.4 Å². The summed E-state index contributed by atoms with van der Waals surface area (Å²) in [4.78, 5) is 12.5. The molecule has 0 radical (unpaired) electrons. The van der Waals surface area contributed by atoms with Crippen LogP contribution in [0.25, 0.3) is 0 Å². The van der Waals surface area contributed by atoms with Crippen molar-refractivity contribution in [3.8, 4) is 0 Å². The van der Waals surface area contributed by atoms with E-state index in [1.165, 1.54) is 17.5 Å². The lowest BCUT2D eigenvalue weighted by Crippen LogP contribution is -2.40. The van der Waals surface area contributed by atoms with Crippen LogP contribution >= 0.6 is 0 Å². The van der Waals surface area contributed by atoms with Crippen LogP contribution in [-0.4, -0.2) is 12.5 Å². The Labute approximate surface area is 121 Å². The highest BCUT2D eigenvalue weighted by molar-refractivity contribution is 5.79. The van der Waals surface area contributed by atoms with Gasteiger partial charge in [-0.2, -0.15) is 0 Å². The zero-order valence-corrected chi connectivity index (χ0v) is 12.6. The minimum absolute atomic E-state index is 0.0581. The molecule has 0 heterocycles. The number of rotatable bonds is 4. The largest absolute Gasteiger partial charge is 0.349 e. The minimum Gasteiger partial charge on any atom is -0.349 e. The summed E-state index contributed by atoms with van der Waals surface area (Å²) in [5.41, 5.74) is 8.20. The predicted octanol–water partition coefficient (Wildman–Crippen LogP) is 2.94. The second kappa shape index (κ2) is 6.89. The monoisotopic (exact) mass is 274 g/mol. The highest BCUT2D eigenvalue weighted by Gasteiger charge is 2.30. The fraction of sp³-hybridized carbons (Fsp3) is 0.588. The second-order valence-corrected chi connectivity index (χ2v) is 6.03. The van der Waals surface area contributed by atoms with Crippen LogP contribution < -0.4 is 11.1 Å². The molecule has 0 saturated heterocycles. The molecule has 0 bridgehead atoms. The summed E-state index contributed by atoms with van der Waals surface area (Å²) in [5, 5.41) is 3.16. The maximum atomic E-state index is 12.5. The number of nitrogens with two attached hydrogens (primary N) is 1. The van der Waals surface area contributed by atoms with Gasteiger partial charge in [0, 0.05) is 5.92 Å². The predicted molar refractivity (Wildman–Crippen MR) is 82.2 cm³/mol. The molecule has 2 rings (SSSR count). The lowest BCUT2D eigenvalue weighted by atomic mass is 9.78. The first-order valence-corrected chi connectivity index (χ1v) is 7.69. The Bertz CT molecular complexity index is 458. The van der Waals surface area contributed by atoms with E-state index in [0.29, 0.717) is 12.5 Å². The molecule has 3 N–H and O–H groups in total. The molecule has 0 aromatic heterocycles. The maximum Gasteiger partial charge on any atom is 0.223 e. The Hall–Kier alpha value is -1.35. The molecule has 0 aliphatic heterocycles. The first-order chi connectivity index (χ1) is 9.61. The van der Waals surface area contributed by atoms with Crippen molar-refractivity contribution in [2.24, 2.45) is 17.6 Å². The molecule has 110 valence electrons. The van der Waals surface area contributed by atoms with E-state index in [9.17, 15) is 4.79 Å². The standard InChI is InChI=1S/C17H26N2O/c1-12-6-5-8-14(10-12)13(2)19-17(20)16-9-4-3-7-15(16)11-18/h5-6,8,10,13,15-16H,3-4,7,9,11,18H2,1-2H3,(H,19,20)/t13-,15?,16?/m1/s1. The van der Waals surface area contributed by atoms with Gasteiger partial charge in [-0.15, -0.1) is 0 Å². The zero-order valence-electron chi connectivity index (χ0n) is 12.6. The molecule has 2 unspecified atom stereocenters. The van der Waals surface area contributed by atoms with E-state index in [0.717, 1.165) is 19.3 Å². The van der Waals surface area contributed by atoms with E-state index in [2.05, 4.69) is 30.4 Å². The molecule has 1 fully saturated rings. The van der Waals surface area contributed by atoms with E-state index in [4.69, 9.17) is 5.73 Å². The molecule has 1 aromatic rings. The molecule has 20 heavy (non-hydrogen) atoms. The van der Waals surface area contributed by atoms with Crippen molar-refractivity contribution in [2.45, 2.75) is 45.6 Å². The maximum absolute atomic E-state index is 12.5. The fourth-order valence-electron chi connectivity index (χ4n) is 3.18. The van der Waals surface area contributed by atoms with Crippen molar-refractivity contribution in [2.75, 3.05) is 6.54 Å². The normalized spacial score (nSPS) is 24.1. The van der Waals surface area contributed by atoms with Crippen LogP contribution in [-0.2, 0) is 4.79 Å². The lowest BCUT2D eigenvalue weighted by Gasteiger charge is -2.30. The Morgan fingerprint density at radius 2 is 2.15 bits per heavy atom. The van der Waals surface area contributed by atoms with E-state index < -0.39 is 0 Å². The van der Waals surface area contributed by atoms with Crippen LogP contribution in [0.5, 0.6) is 0 Å². The fourth-order valence-corrected chi connectivity index (χ4v) is 3.18. The smallest absolute Gasteiger partial charge is 0.223 e. The second-order valence-electron chi connectivity index (χ2n) is 6.03. The van der Waals surface area contributed by atoms with Gasteiger partial charge in [0.1, 0.15) is 0 Å². The third-order valence-electron chi connectivity index (χ3n) is 4.45. The van der Waals surface area contributed by atoms with E-state index in [1.54, 1.807) is 0 Å². The van der Waals surface area contributed by atoms with Gasteiger partial charge in [0.05, 0.1) is 6.04 Å². The number of hydrogen-bond acceptors (Lipinski definition) is 2. The Kier molecular flexibility index (Phi) is 5.18. The van der Waals surface area contributed by atoms with Gasteiger partial charge in [-0.1, -0.05) is 42.7 Å². The third kappa shape index (κ3) is 3.60. The molecule has 1 saturated carbocycles. The molecular formula is C17H26N2O. The minimum atomic E-state index is 0.0581. The number of amides is 1. The lowest BCUT2D eigenvalue weighted by molar-refractivity contribution is -0.128. The summed E-state index contributed by atoms with van der Waals surface area (Å²) in [6.07, 6.45) is 4.42. The Balaban J connectivity index is 1.99. The first-order valence-electron chi connectivity index (χ1n) is 7.69. The molecule has 1 aliphatic carbocycles. The van der Waals surface area contributed by atoms with Crippen LogP contribution in [0.15, 0.2) is 24.3 Å². The van der Waals surface area contributed by atoms with E-state index >= 15 is 0 Å². The van der Waals surface area contributed by atoms with Gasteiger partial charge in [-0.05, 0) is 44.7 Å². The van der Waals surface area contributed by atoms with Crippen LogP contribution in [0.4, 0.5) is 0 Å². The number of hydrogen-bond donors (Lipinski definition) is 2. The summed E-state index contributed by atoms with van der Waals surface area (Å²) in [6.45, 7) is 4.74. The Morgan fingerprint density at radius 3 is 2.85 bits per heavy atom. The van der Waals surface area contributed by atoms with E-state index in [1.807, 2.05) is 13.0 Å². The number of benzene rings is 1. The molecule has 0 spiro atoms. The van der Waals surface area contributed by atoms with Gasteiger partial charge in [0.15, 0.2) is 0 Å². The molecule has 1 amide bonds. The van der Waals surface area contributed by atoms with Crippen molar-refractivity contribution < 1.29 is 4.79 Å². The molecule has 3 nitrogen and oxygen atoms in total. The van der Waals surface area contributed by atoms with Gasteiger partial charge >= 0.3 is 0 Å². The Morgan fingerprint density at radius 1 is 1.40 bits per heavy atom. The molecule has 3 atom stereocenters. The SMILES string of the molecule is Cc1cccc([C@@H](C)NC(=O)C2CCCCC2CN)c1. The first kappa shape index (κ1) is 15.0. The van der Waals surface area contributed by atoms with Gasteiger partial charge < -0.3 is 11.1 Å². The quantitative estimate of drug-likeness (QED) is 0.887. The van der Waals surface area contributed by atoms with Crippen molar-refractivity contribution in [1.29, 1.82) is 0 Å². The summed E-state index contributed by atoms with van der Waals surface area (Å²) in [7, 11) is 0. The molecule has 1 aliphatic rings. The van der Waals surface area contributed by atoms with Gasteiger partial charge in [0.2, 0.25) is 5.91 Å². The van der Waals surface area contributed by atoms with Crippen LogP contribution in [0, 0.1) is 18.8 Å². The zero-order chi connectivity index (χ0) is 14.5. The van der Waals surface area contributed by atoms with Crippen LogP contribution in [0.1, 0.15) is 49.8 Å². The van der Waals surface area contributed by atoms with Gasteiger partial charge in [-0.3, -0.25) is 4.79 Å². The van der Waals surface area contributed by atoms with Crippen molar-refractivity contribution in [1.82, 2.24) is 5.32 Å². The summed E-state index contributed by atoms with van der Waals surface area (Å²) < 4.78 is 0. The summed E-state index contributed by atoms with van der Waals surface area (Å²) in [6, 6.07) is 8.37. The number of nitrogens with one attached hydrogen (secondary N) is 1. The highest BCUT2D eigenvalue weighted by Crippen LogP contribution is 2.30. The van der Waals surface area contributed by atoms with Crippen LogP contribution in [0.3, 0.4) is 0 Å². The third-order valence-corrected chi connectivity index (χ3v) is 4.45. The molecule has 1 aromatic carbocycles. The van der Waals surface area contributed by atoms with Gasteiger partial charge in [-0.25, -0.2) is 0 Å². The summed E-state index contributed by atoms with van der Waals surface area (Å²) >= 11 is 0. The van der Waals surface area contributed by atoms with E-state index in [-0.39, 0.29) is 17.9 Å². The van der Waals surface area contributed by atoms with Crippen LogP contribution in [0.2, 0.25) is 0 Å². The average molecular weight is 274 g/mol. The molecular weight excluding hydrogens is 248 g/mol.